The minimum atomic E-state index is -0.776. The second-order valence-electron chi connectivity index (χ2n) is 4.10. The predicted molar refractivity (Wildman–Crippen MR) is 72.7 cm³/mol. The molecular formula is C13H15BrN2O2. The van der Waals surface area contributed by atoms with Gasteiger partial charge in [0, 0.05) is 17.1 Å². The zero-order chi connectivity index (χ0) is 13.3. The van der Waals surface area contributed by atoms with Crippen molar-refractivity contribution >= 4 is 15.9 Å². The number of aromatic nitrogens is 2. The molecule has 0 radical (unpaired) electrons. The van der Waals surface area contributed by atoms with Crippen LogP contribution in [0.3, 0.4) is 0 Å². The van der Waals surface area contributed by atoms with Crippen molar-refractivity contribution < 1.29 is 9.84 Å². The summed E-state index contributed by atoms with van der Waals surface area (Å²) in [5.41, 5.74) is 2.52. The summed E-state index contributed by atoms with van der Waals surface area (Å²) in [6.45, 7) is 1.99. The SMILES string of the molecule is COc1cnn(C)c1C(O)c1cccc(C)c1Br. The first kappa shape index (κ1) is 13.1. The van der Waals surface area contributed by atoms with Gasteiger partial charge in [0.2, 0.25) is 0 Å². The normalized spacial score (nSPS) is 12.5. The Morgan fingerprint density at radius 3 is 2.83 bits per heavy atom. The second-order valence-corrected chi connectivity index (χ2v) is 4.90. The third kappa shape index (κ3) is 2.15. The van der Waals surface area contributed by atoms with Gasteiger partial charge in [-0.25, -0.2) is 0 Å². The number of hydrogen-bond donors (Lipinski definition) is 1. The van der Waals surface area contributed by atoms with Crippen LogP contribution >= 0.6 is 15.9 Å². The molecule has 0 saturated carbocycles. The largest absolute Gasteiger partial charge is 0.493 e. The second kappa shape index (κ2) is 5.12. The fraction of sp³-hybridized carbons (Fsp3) is 0.308. The topological polar surface area (TPSA) is 47.3 Å². The Balaban J connectivity index is 2.51. The molecule has 1 aromatic heterocycles. The predicted octanol–water partition coefficient (Wildman–Crippen LogP) is 2.58. The van der Waals surface area contributed by atoms with Gasteiger partial charge >= 0.3 is 0 Å². The molecule has 96 valence electrons. The summed E-state index contributed by atoms with van der Waals surface area (Å²) in [6, 6.07) is 5.79. The van der Waals surface area contributed by atoms with Crippen LogP contribution in [0.25, 0.3) is 0 Å². The molecule has 0 bridgehead atoms. The quantitative estimate of drug-likeness (QED) is 0.948. The Morgan fingerprint density at radius 2 is 2.17 bits per heavy atom. The van der Waals surface area contributed by atoms with Crippen LogP contribution < -0.4 is 4.74 Å². The van der Waals surface area contributed by atoms with E-state index in [4.69, 9.17) is 4.74 Å². The molecule has 0 amide bonds. The van der Waals surface area contributed by atoms with Crippen LogP contribution in [0.4, 0.5) is 0 Å². The molecule has 1 aromatic carbocycles. The zero-order valence-corrected chi connectivity index (χ0v) is 12.1. The van der Waals surface area contributed by atoms with E-state index in [9.17, 15) is 5.11 Å². The first-order chi connectivity index (χ1) is 8.56. The van der Waals surface area contributed by atoms with Crippen molar-refractivity contribution in [1.29, 1.82) is 0 Å². The first-order valence-electron chi connectivity index (χ1n) is 5.55. The van der Waals surface area contributed by atoms with E-state index < -0.39 is 6.10 Å². The van der Waals surface area contributed by atoms with Gasteiger partial charge in [-0.2, -0.15) is 5.10 Å². The monoisotopic (exact) mass is 310 g/mol. The van der Waals surface area contributed by atoms with E-state index in [-0.39, 0.29) is 0 Å². The number of benzene rings is 1. The molecule has 1 N–H and O–H groups in total. The summed E-state index contributed by atoms with van der Waals surface area (Å²) < 4.78 is 7.75. The van der Waals surface area contributed by atoms with E-state index in [1.165, 1.54) is 0 Å². The number of halogens is 1. The van der Waals surface area contributed by atoms with E-state index in [2.05, 4.69) is 21.0 Å². The number of nitrogens with zero attached hydrogens (tertiary/aromatic N) is 2. The summed E-state index contributed by atoms with van der Waals surface area (Å²) in [7, 11) is 3.35. The minimum Gasteiger partial charge on any atom is -0.493 e. The highest BCUT2D eigenvalue weighted by Crippen LogP contribution is 2.34. The highest BCUT2D eigenvalue weighted by molar-refractivity contribution is 9.10. The van der Waals surface area contributed by atoms with Crippen molar-refractivity contribution in [3.8, 4) is 5.75 Å². The summed E-state index contributed by atoms with van der Waals surface area (Å²) in [5.74, 6) is 0.582. The van der Waals surface area contributed by atoms with Crippen molar-refractivity contribution in [1.82, 2.24) is 9.78 Å². The lowest BCUT2D eigenvalue weighted by Crippen LogP contribution is -2.09. The smallest absolute Gasteiger partial charge is 0.162 e. The van der Waals surface area contributed by atoms with Gasteiger partial charge in [0.25, 0.3) is 0 Å². The van der Waals surface area contributed by atoms with Gasteiger partial charge in [0.05, 0.1) is 13.3 Å². The number of hydrogen-bond acceptors (Lipinski definition) is 3. The Bertz CT molecular complexity index is 566. The molecule has 18 heavy (non-hydrogen) atoms. The zero-order valence-electron chi connectivity index (χ0n) is 10.5. The summed E-state index contributed by atoms with van der Waals surface area (Å²) in [4.78, 5) is 0. The lowest BCUT2D eigenvalue weighted by Gasteiger charge is -2.16. The van der Waals surface area contributed by atoms with Crippen LogP contribution in [0, 0.1) is 6.92 Å². The maximum Gasteiger partial charge on any atom is 0.162 e. The maximum atomic E-state index is 10.5. The minimum absolute atomic E-state index is 0.582. The van der Waals surface area contributed by atoms with E-state index in [0.29, 0.717) is 11.4 Å². The lowest BCUT2D eigenvalue weighted by molar-refractivity contribution is 0.203. The van der Waals surface area contributed by atoms with E-state index >= 15 is 0 Å². The molecule has 0 aliphatic heterocycles. The molecular weight excluding hydrogens is 296 g/mol. The molecule has 0 aliphatic carbocycles. The van der Waals surface area contributed by atoms with Crippen LogP contribution in [0.15, 0.2) is 28.9 Å². The Morgan fingerprint density at radius 1 is 1.44 bits per heavy atom. The van der Waals surface area contributed by atoms with Crippen LogP contribution in [0.5, 0.6) is 5.75 Å². The van der Waals surface area contributed by atoms with Gasteiger partial charge < -0.3 is 9.84 Å². The van der Waals surface area contributed by atoms with E-state index in [1.807, 2.05) is 25.1 Å². The molecule has 1 heterocycles. The van der Waals surface area contributed by atoms with Gasteiger partial charge in [-0.05, 0) is 12.5 Å². The maximum absolute atomic E-state index is 10.5. The Hall–Kier alpha value is -1.33. The number of methoxy groups -OCH3 is 1. The fourth-order valence-electron chi connectivity index (χ4n) is 1.92. The number of aliphatic hydroxyl groups is 1. The first-order valence-corrected chi connectivity index (χ1v) is 6.34. The molecule has 5 heteroatoms. The van der Waals surface area contributed by atoms with Gasteiger partial charge in [-0.15, -0.1) is 0 Å². The fourth-order valence-corrected chi connectivity index (χ4v) is 2.41. The third-order valence-electron chi connectivity index (χ3n) is 2.94. The van der Waals surface area contributed by atoms with Gasteiger partial charge in [0.15, 0.2) is 5.75 Å². The number of aliphatic hydroxyl groups excluding tert-OH is 1. The van der Waals surface area contributed by atoms with Crippen LogP contribution in [0.1, 0.15) is 22.9 Å². The molecule has 0 aliphatic rings. The summed E-state index contributed by atoms with van der Waals surface area (Å²) >= 11 is 3.51. The van der Waals surface area contributed by atoms with Crippen LogP contribution in [-0.4, -0.2) is 22.0 Å². The van der Waals surface area contributed by atoms with E-state index in [0.717, 1.165) is 15.6 Å². The number of ether oxygens (including phenoxy) is 1. The Kier molecular flexibility index (Phi) is 3.73. The molecule has 0 spiro atoms. The Labute approximate surface area is 114 Å². The van der Waals surface area contributed by atoms with Crippen LogP contribution in [0.2, 0.25) is 0 Å². The third-order valence-corrected chi connectivity index (χ3v) is 4.03. The molecule has 0 fully saturated rings. The molecule has 1 atom stereocenters. The highest BCUT2D eigenvalue weighted by Gasteiger charge is 2.22. The summed E-state index contributed by atoms with van der Waals surface area (Å²) in [5, 5.41) is 14.6. The lowest BCUT2D eigenvalue weighted by atomic mass is 10.0. The van der Waals surface area contributed by atoms with Crippen molar-refractivity contribution in [2.75, 3.05) is 7.11 Å². The van der Waals surface area contributed by atoms with Crippen LogP contribution in [-0.2, 0) is 7.05 Å². The van der Waals surface area contributed by atoms with Crippen molar-refractivity contribution in [2.24, 2.45) is 7.05 Å². The van der Waals surface area contributed by atoms with E-state index in [1.54, 1.807) is 25.0 Å². The molecule has 1 unspecified atom stereocenters. The highest BCUT2D eigenvalue weighted by atomic mass is 79.9. The molecule has 2 aromatic rings. The average molecular weight is 311 g/mol. The van der Waals surface area contributed by atoms with Crippen molar-refractivity contribution in [2.45, 2.75) is 13.0 Å². The summed E-state index contributed by atoms with van der Waals surface area (Å²) in [6.07, 6.45) is 0.823. The van der Waals surface area contributed by atoms with Crippen molar-refractivity contribution in [3.63, 3.8) is 0 Å². The molecule has 4 nitrogen and oxygen atoms in total. The molecule has 2 rings (SSSR count). The number of rotatable bonds is 3. The number of aryl methyl sites for hydroxylation is 2. The van der Waals surface area contributed by atoms with Gasteiger partial charge in [0.1, 0.15) is 11.8 Å². The van der Waals surface area contributed by atoms with Gasteiger partial charge in [-0.1, -0.05) is 34.1 Å². The average Bonchev–Trinajstić information content (AvgIpc) is 2.73. The van der Waals surface area contributed by atoms with Crippen molar-refractivity contribution in [3.05, 3.63) is 45.7 Å². The van der Waals surface area contributed by atoms with Gasteiger partial charge in [-0.3, -0.25) is 4.68 Å². The molecule has 0 saturated heterocycles. The standard InChI is InChI=1S/C13H15BrN2O2/c1-8-5-4-6-9(11(8)14)13(17)12-10(18-3)7-15-16(12)2/h4-7,13,17H,1-3H3.